The van der Waals surface area contributed by atoms with Gasteiger partial charge < -0.3 is 14.5 Å². The van der Waals surface area contributed by atoms with E-state index in [1.807, 2.05) is 27.7 Å². The topological polar surface area (TPSA) is 15.7 Å². The molecule has 0 radical (unpaired) electrons. The van der Waals surface area contributed by atoms with Crippen LogP contribution in [0.4, 0.5) is 0 Å². The van der Waals surface area contributed by atoms with Gasteiger partial charge in [0.15, 0.2) is 0 Å². The summed E-state index contributed by atoms with van der Waals surface area (Å²) in [4.78, 5) is 5.21. The van der Waals surface area contributed by atoms with Crippen molar-refractivity contribution in [2.24, 2.45) is 16.7 Å². The second-order valence-electron chi connectivity index (χ2n) is 11.2. The summed E-state index contributed by atoms with van der Waals surface area (Å²) in [6.07, 6.45) is 12.0. The van der Waals surface area contributed by atoms with Gasteiger partial charge in [-0.25, -0.2) is 0 Å². The van der Waals surface area contributed by atoms with E-state index in [4.69, 9.17) is 4.74 Å². The second-order valence-corrected chi connectivity index (χ2v) is 11.2. The van der Waals surface area contributed by atoms with E-state index in [1.165, 1.54) is 64.6 Å². The minimum absolute atomic E-state index is 0.402. The monoisotopic (exact) mass is 438 g/mol. The molecule has 0 aromatic heterocycles. The zero-order chi connectivity index (χ0) is 23.7. The van der Waals surface area contributed by atoms with Crippen molar-refractivity contribution in [3.05, 3.63) is 0 Å². The van der Waals surface area contributed by atoms with Crippen molar-refractivity contribution < 1.29 is 4.74 Å². The third-order valence-electron chi connectivity index (χ3n) is 7.79. The molecule has 3 aliphatic rings. The molecule has 3 nitrogen and oxygen atoms in total. The molecule has 186 valence electrons. The fourth-order valence-corrected chi connectivity index (χ4v) is 5.58. The Kier molecular flexibility index (Phi) is 12.6. The van der Waals surface area contributed by atoms with Gasteiger partial charge in [-0.2, -0.15) is 0 Å². The lowest BCUT2D eigenvalue weighted by Gasteiger charge is -2.53. The molecule has 1 heterocycles. The van der Waals surface area contributed by atoms with Gasteiger partial charge in [-0.05, 0) is 109 Å². The average Bonchev–Trinajstić information content (AvgIpc) is 3.47. The highest BCUT2D eigenvalue weighted by Gasteiger charge is 2.49. The predicted octanol–water partition coefficient (Wildman–Crippen LogP) is 7.25. The smallest absolute Gasteiger partial charge is 0.0589 e. The standard InChI is InChI=1S/C24H46N2O.2C2H6/c1-19(2)15-24(8-9-24)18-26-13-10-23(11-14-26)16-22(17-23)27-21(5)7-12-25(6)20(3)4;2*1-2/h19-22H,7-18H2,1-6H3;2*1-2H3. The molecule has 0 amide bonds. The zero-order valence-electron chi connectivity index (χ0n) is 23.1. The molecule has 1 spiro atoms. The summed E-state index contributed by atoms with van der Waals surface area (Å²) in [5.74, 6) is 0.857. The molecule has 31 heavy (non-hydrogen) atoms. The molecule has 1 unspecified atom stereocenters. The Morgan fingerprint density at radius 2 is 1.45 bits per heavy atom. The molecule has 2 aliphatic carbocycles. The van der Waals surface area contributed by atoms with E-state index in [0.717, 1.165) is 18.9 Å². The number of hydrogen-bond acceptors (Lipinski definition) is 3. The highest BCUT2D eigenvalue weighted by atomic mass is 16.5. The molecule has 1 saturated heterocycles. The van der Waals surface area contributed by atoms with E-state index < -0.39 is 0 Å². The van der Waals surface area contributed by atoms with Gasteiger partial charge >= 0.3 is 0 Å². The molecule has 0 N–H and O–H groups in total. The fourth-order valence-electron chi connectivity index (χ4n) is 5.58. The minimum Gasteiger partial charge on any atom is -0.375 e. The van der Waals surface area contributed by atoms with E-state index >= 15 is 0 Å². The molecule has 3 rings (SSSR count). The van der Waals surface area contributed by atoms with E-state index in [9.17, 15) is 0 Å². The van der Waals surface area contributed by atoms with Gasteiger partial charge in [-0.1, -0.05) is 41.5 Å². The van der Waals surface area contributed by atoms with Crippen LogP contribution < -0.4 is 0 Å². The number of nitrogens with zero attached hydrogens (tertiary/aromatic N) is 2. The van der Waals surface area contributed by atoms with Crippen LogP contribution in [0.3, 0.4) is 0 Å². The summed E-state index contributed by atoms with van der Waals surface area (Å²) in [6, 6.07) is 0.629. The first-order chi connectivity index (χ1) is 14.7. The third kappa shape index (κ3) is 9.33. The number of rotatable bonds is 10. The molecule has 0 aromatic rings. The average molecular weight is 439 g/mol. The molecule has 3 fully saturated rings. The van der Waals surface area contributed by atoms with Gasteiger partial charge in [0.25, 0.3) is 0 Å². The lowest BCUT2D eigenvalue weighted by atomic mass is 9.61. The number of ether oxygens (including phenoxy) is 1. The number of hydrogen-bond donors (Lipinski definition) is 0. The van der Waals surface area contributed by atoms with Crippen LogP contribution in [0, 0.1) is 16.7 Å². The van der Waals surface area contributed by atoms with Gasteiger partial charge in [0, 0.05) is 19.1 Å². The number of likely N-dealkylation sites (tertiary alicyclic amines) is 1. The Morgan fingerprint density at radius 1 is 0.903 bits per heavy atom. The largest absolute Gasteiger partial charge is 0.375 e. The van der Waals surface area contributed by atoms with Gasteiger partial charge in [0.05, 0.1) is 12.2 Å². The predicted molar refractivity (Wildman–Crippen MR) is 138 cm³/mol. The quantitative estimate of drug-likeness (QED) is 0.357. The van der Waals surface area contributed by atoms with Gasteiger partial charge in [-0.3, -0.25) is 0 Å². The van der Waals surface area contributed by atoms with Crippen LogP contribution in [0.2, 0.25) is 0 Å². The van der Waals surface area contributed by atoms with Crippen molar-refractivity contribution in [3.8, 4) is 0 Å². The van der Waals surface area contributed by atoms with Crippen molar-refractivity contribution in [1.82, 2.24) is 9.80 Å². The summed E-state index contributed by atoms with van der Waals surface area (Å²) in [7, 11) is 2.22. The van der Waals surface area contributed by atoms with Crippen LogP contribution in [-0.4, -0.2) is 61.3 Å². The van der Waals surface area contributed by atoms with Crippen molar-refractivity contribution in [2.45, 2.75) is 132 Å². The fraction of sp³-hybridized carbons (Fsp3) is 1.00. The first kappa shape index (κ1) is 28.9. The maximum Gasteiger partial charge on any atom is 0.0589 e. The third-order valence-corrected chi connectivity index (χ3v) is 7.79. The Morgan fingerprint density at radius 3 is 1.90 bits per heavy atom. The summed E-state index contributed by atoms with van der Waals surface area (Å²) in [5, 5.41) is 0. The minimum atomic E-state index is 0.402. The molecule has 3 heteroatoms. The summed E-state index contributed by atoms with van der Waals surface area (Å²) >= 11 is 0. The van der Waals surface area contributed by atoms with Crippen molar-refractivity contribution in [3.63, 3.8) is 0 Å². The zero-order valence-corrected chi connectivity index (χ0v) is 23.1. The molecule has 2 saturated carbocycles. The van der Waals surface area contributed by atoms with Crippen molar-refractivity contribution in [1.29, 1.82) is 0 Å². The second kappa shape index (κ2) is 13.6. The van der Waals surface area contributed by atoms with Gasteiger partial charge in [-0.15, -0.1) is 0 Å². The molecule has 1 atom stereocenters. The van der Waals surface area contributed by atoms with Crippen molar-refractivity contribution in [2.75, 3.05) is 33.2 Å². The van der Waals surface area contributed by atoms with E-state index in [0.29, 0.717) is 29.1 Å². The lowest BCUT2D eigenvalue weighted by Crippen LogP contribution is -2.51. The van der Waals surface area contributed by atoms with Crippen LogP contribution in [0.15, 0.2) is 0 Å². The van der Waals surface area contributed by atoms with Crippen LogP contribution in [0.1, 0.15) is 114 Å². The number of piperidine rings is 1. The Bertz CT molecular complexity index is 456. The van der Waals surface area contributed by atoms with E-state index in [-0.39, 0.29) is 0 Å². The normalized spacial score (nSPS) is 23.1. The first-order valence-electron chi connectivity index (χ1n) is 13.8. The van der Waals surface area contributed by atoms with Gasteiger partial charge in [0.1, 0.15) is 0 Å². The van der Waals surface area contributed by atoms with Crippen LogP contribution in [-0.2, 0) is 4.74 Å². The van der Waals surface area contributed by atoms with Gasteiger partial charge in [0.2, 0.25) is 0 Å². The highest BCUT2D eigenvalue weighted by molar-refractivity contribution is 5.01. The lowest BCUT2D eigenvalue weighted by molar-refractivity contribution is -0.130. The first-order valence-corrected chi connectivity index (χ1v) is 13.8. The molecule has 0 aromatic carbocycles. The molecular weight excluding hydrogens is 380 g/mol. The summed E-state index contributed by atoms with van der Waals surface area (Å²) < 4.78 is 6.36. The Hall–Kier alpha value is -0.120. The summed E-state index contributed by atoms with van der Waals surface area (Å²) in [5.41, 5.74) is 1.33. The Balaban J connectivity index is 0.00000113. The van der Waals surface area contributed by atoms with E-state index in [1.54, 1.807) is 0 Å². The van der Waals surface area contributed by atoms with Crippen LogP contribution in [0.25, 0.3) is 0 Å². The maximum atomic E-state index is 6.36. The van der Waals surface area contributed by atoms with Crippen molar-refractivity contribution >= 4 is 0 Å². The Labute approximate surface area is 196 Å². The summed E-state index contributed by atoms with van der Waals surface area (Å²) in [6.45, 7) is 24.8. The molecule has 1 aliphatic heterocycles. The van der Waals surface area contributed by atoms with Crippen LogP contribution >= 0.6 is 0 Å². The van der Waals surface area contributed by atoms with E-state index in [2.05, 4.69) is 51.5 Å². The highest BCUT2D eigenvalue weighted by Crippen LogP contribution is 2.54. The molecular formula is C28H58N2O. The SMILES string of the molecule is CC.CC.CC(C)CC1(CN2CCC3(CC2)CC(OC(C)CCN(C)C(C)C)C3)CC1. The molecule has 0 bridgehead atoms. The van der Waals surface area contributed by atoms with Crippen LogP contribution in [0.5, 0.6) is 0 Å². The maximum absolute atomic E-state index is 6.36.